The van der Waals surface area contributed by atoms with Gasteiger partial charge in [-0.3, -0.25) is 4.79 Å². The Labute approximate surface area is 103 Å². The molecule has 0 saturated carbocycles. The number of carbonyl (C=O) groups excluding carboxylic acids is 1. The smallest absolute Gasteiger partial charge is 0.326 e. The van der Waals surface area contributed by atoms with Crippen LogP contribution in [0.25, 0.3) is 0 Å². The molecule has 0 spiro atoms. The summed E-state index contributed by atoms with van der Waals surface area (Å²) in [5, 5.41) is 29.6. The summed E-state index contributed by atoms with van der Waals surface area (Å²) in [5.74, 6) is -2.42. The molecule has 1 aromatic carbocycles. The molecule has 0 saturated heterocycles. The second-order valence-electron chi connectivity index (χ2n) is 3.69. The highest BCUT2D eigenvalue weighted by Gasteiger charge is 2.20. The second kappa shape index (κ2) is 5.87. The number of hydrogen-bond acceptors (Lipinski definition) is 5. The van der Waals surface area contributed by atoms with Crippen LogP contribution in [0, 0.1) is 0 Å². The maximum Gasteiger partial charge on any atom is 0.326 e. The lowest BCUT2D eigenvalue weighted by molar-refractivity contribution is -0.141. The minimum atomic E-state index is -1.20. The molecule has 0 aliphatic heterocycles. The van der Waals surface area contributed by atoms with E-state index in [-0.39, 0.29) is 24.5 Å². The van der Waals surface area contributed by atoms with Crippen LogP contribution in [-0.4, -0.2) is 39.8 Å². The molecule has 0 aliphatic rings. The Balaban J connectivity index is 2.80. The van der Waals surface area contributed by atoms with E-state index in [1.54, 1.807) is 0 Å². The summed E-state index contributed by atoms with van der Waals surface area (Å²) in [6, 6.07) is 2.80. The first-order valence-electron chi connectivity index (χ1n) is 5.17. The molecule has 1 atom stereocenters. The molecule has 1 amide bonds. The molecule has 0 radical (unpaired) electrons. The van der Waals surface area contributed by atoms with E-state index in [2.05, 4.69) is 5.32 Å². The Morgan fingerprint density at radius 1 is 1.28 bits per heavy atom. The first-order chi connectivity index (χ1) is 8.43. The van der Waals surface area contributed by atoms with E-state index in [0.717, 1.165) is 0 Å². The molecular formula is C11H14N2O5. The standard InChI is InChI=1S/C11H14N2O5/c12-5-10(16)13-7(11(17)18)3-6-1-2-8(14)9(15)4-6/h1-2,4,7,14-15H,3,5,12H2,(H,13,16)(H,17,18). The van der Waals surface area contributed by atoms with Gasteiger partial charge in [-0.15, -0.1) is 0 Å². The maximum absolute atomic E-state index is 11.0. The summed E-state index contributed by atoms with van der Waals surface area (Å²) in [5.41, 5.74) is 5.55. The third kappa shape index (κ3) is 3.63. The Morgan fingerprint density at radius 3 is 2.44 bits per heavy atom. The van der Waals surface area contributed by atoms with Gasteiger partial charge in [0.1, 0.15) is 6.04 Å². The lowest BCUT2D eigenvalue weighted by atomic mass is 10.1. The van der Waals surface area contributed by atoms with E-state index in [0.29, 0.717) is 5.56 Å². The lowest BCUT2D eigenvalue weighted by Gasteiger charge is -2.14. The first-order valence-corrected chi connectivity index (χ1v) is 5.17. The van der Waals surface area contributed by atoms with Gasteiger partial charge < -0.3 is 26.4 Å². The van der Waals surface area contributed by atoms with Crippen LogP contribution in [-0.2, 0) is 16.0 Å². The summed E-state index contributed by atoms with van der Waals surface area (Å²) in [7, 11) is 0. The van der Waals surface area contributed by atoms with Gasteiger partial charge in [0.05, 0.1) is 6.54 Å². The summed E-state index contributed by atoms with van der Waals surface area (Å²) in [6.45, 7) is -0.301. The molecule has 7 nitrogen and oxygen atoms in total. The van der Waals surface area contributed by atoms with E-state index in [4.69, 9.17) is 15.9 Å². The third-order valence-corrected chi connectivity index (χ3v) is 2.30. The van der Waals surface area contributed by atoms with Crippen LogP contribution in [0.1, 0.15) is 5.56 Å². The van der Waals surface area contributed by atoms with Crippen molar-refractivity contribution in [1.29, 1.82) is 0 Å². The number of nitrogens with one attached hydrogen (secondary N) is 1. The molecule has 18 heavy (non-hydrogen) atoms. The molecule has 0 fully saturated rings. The summed E-state index contributed by atoms with van der Waals surface area (Å²) >= 11 is 0. The SMILES string of the molecule is NCC(=O)NC(Cc1ccc(O)c(O)c1)C(=O)O. The van der Waals surface area contributed by atoms with Gasteiger partial charge in [-0.25, -0.2) is 4.79 Å². The van der Waals surface area contributed by atoms with Gasteiger partial charge in [0, 0.05) is 6.42 Å². The zero-order valence-corrected chi connectivity index (χ0v) is 9.46. The van der Waals surface area contributed by atoms with Crippen molar-refractivity contribution in [3.05, 3.63) is 23.8 Å². The Morgan fingerprint density at radius 2 is 1.94 bits per heavy atom. The predicted octanol–water partition coefficient (Wildman–Crippen LogP) is -0.832. The van der Waals surface area contributed by atoms with Crippen molar-refractivity contribution in [2.24, 2.45) is 5.73 Å². The van der Waals surface area contributed by atoms with Gasteiger partial charge >= 0.3 is 5.97 Å². The number of phenolic OH excluding ortho intramolecular Hbond substituents is 2. The van der Waals surface area contributed by atoms with Crippen molar-refractivity contribution >= 4 is 11.9 Å². The number of carboxylic acid groups (broad SMARTS) is 1. The lowest BCUT2D eigenvalue weighted by Crippen LogP contribution is -2.44. The van der Waals surface area contributed by atoms with Crippen LogP contribution < -0.4 is 11.1 Å². The Kier molecular flexibility index (Phi) is 4.50. The van der Waals surface area contributed by atoms with Crippen molar-refractivity contribution < 1.29 is 24.9 Å². The number of aliphatic carboxylic acids is 1. The minimum absolute atomic E-state index is 0.0189. The van der Waals surface area contributed by atoms with E-state index in [1.807, 2.05) is 0 Å². The van der Waals surface area contributed by atoms with Crippen LogP contribution in [0.2, 0.25) is 0 Å². The van der Waals surface area contributed by atoms with Crippen LogP contribution in [0.15, 0.2) is 18.2 Å². The molecular weight excluding hydrogens is 240 g/mol. The average molecular weight is 254 g/mol. The number of hydrogen-bond donors (Lipinski definition) is 5. The van der Waals surface area contributed by atoms with Gasteiger partial charge in [-0.1, -0.05) is 6.07 Å². The molecule has 6 N–H and O–H groups in total. The first kappa shape index (κ1) is 13.8. The molecule has 0 heterocycles. The summed E-state index contributed by atoms with van der Waals surface area (Å²) < 4.78 is 0. The van der Waals surface area contributed by atoms with Crippen LogP contribution in [0.5, 0.6) is 11.5 Å². The van der Waals surface area contributed by atoms with E-state index in [9.17, 15) is 14.7 Å². The molecule has 1 unspecified atom stereocenters. The predicted molar refractivity (Wildman–Crippen MR) is 62.1 cm³/mol. The Hall–Kier alpha value is -2.28. The van der Waals surface area contributed by atoms with Crippen LogP contribution in [0.3, 0.4) is 0 Å². The highest BCUT2D eigenvalue weighted by molar-refractivity contribution is 5.84. The third-order valence-electron chi connectivity index (χ3n) is 2.30. The molecule has 1 rings (SSSR count). The van der Waals surface area contributed by atoms with Crippen molar-refractivity contribution in [3.8, 4) is 11.5 Å². The average Bonchev–Trinajstić information content (AvgIpc) is 2.32. The topological polar surface area (TPSA) is 133 Å². The molecule has 0 bridgehead atoms. The molecule has 1 aromatic rings. The van der Waals surface area contributed by atoms with E-state index >= 15 is 0 Å². The van der Waals surface area contributed by atoms with Gasteiger partial charge in [-0.05, 0) is 17.7 Å². The zero-order chi connectivity index (χ0) is 13.7. The number of carboxylic acids is 1. The van der Waals surface area contributed by atoms with Gasteiger partial charge in [0.25, 0.3) is 0 Å². The van der Waals surface area contributed by atoms with Gasteiger partial charge in [0.2, 0.25) is 5.91 Å². The van der Waals surface area contributed by atoms with Gasteiger partial charge in [-0.2, -0.15) is 0 Å². The number of carbonyl (C=O) groups is 2. The van der Waals surface area contributed by atoms with E-state index < -0.39 is 17.9 Å². The largest absolute Gasteiger partial charge is 0.504 e. The molecule has 0 aromatic heterocycles. The monoisotopic (exact) mass is 254 g/mol. The number of amides is 1. The van der Waals surface area contributed by atoms with E-state index in [1.165, 1.54) is 18.2 Å². The van der Waals surface area contributed by atoms with Gasteiger partial charge in [0.15, 0.2) is 11.5 Å². The maximum atomic E-state index is 11.0. The normalized spacial score (nSPS) is 11.8. The number of rotatable bonds is 5. The fourth-order valence-electron chi connectivity index (χ4n) is 1.39. The second-order valence-corrected chi connectivity index (χ2v) is 3.69. The quantitative estimate of drug-likeness (QED) is 0.435. The highest BCUT2D eigenvalue weighted by Crippen LogP contribution is 2.25. The van der Waals surface area contributed by atoms with Crippen molar-refractivity contribution in [2.75, 3.05) is 6.54 Å². The van der Waals surface area contributed by atoms with Crippen LogP contribution in [0.4, 0.5) is 0 Å². The van der Waals surface area contributed by atoms with Crippen molar-refractivity contribution in [2.45, 2.75) is 12.5 Å². The highest BCUT2D eigenvalue weighted by atomic mass is 16.4. The number of benzene rings is 1. The fourth-order valence-corrected chi connectivity index (χ4v) is 1.39. The summed E-state index contributed by atoms with van der Waals surface area (Å²) in [4.78, 5) is 22.0. The fraction of sp³-hybridized carbons (Fsp3) is 0.273. The van der Waals surface area contributed by atoms with Crippen molar-refractivity contribution in [1.82, 2.24) is 5.32 Å². The molecule has 7 heteroatoms. The number of phenols is 2. The number of aromatic hydroxyl groups is 2. The zero-order valence-electron chi connectivity index (χ0n) is 9.46. The molecule has 0 aliphatic carbocycles. The minimum Gasteiger partial charge on any atom is -0.504 e. The van der Waals surface area contributed by atoms with Crippen molar-refractivity contribution in [3.63, 3.8) is 0 Å². The summed E-state index contributed by atoms with van der Waals surface area (Å²) in [6.07, 6.45) is -0.0189. The Bertz CT molecular complexity index is 461. The van der Waals surface area contributed by atoms with Crippen LogP contribution >= 0.6 is 0 Å². The molecule has 98 valence electrons. The number of nitrogens with two attached hydrogens (primary N) is 1.